The fraction of sp³-hybridized carbons (Fsp3) is 0.325. The van der Waals surface area contributed by atoms with E-state index < -0.39 is 35.6 Å². The molecule has 4 aromatic rings. The molecule has 0 spiro atoms. The number of primary amides is 1. The third-order valence-corrected chi connectivity index (χ3v) is 9.49. The minimum Gasteiger partial charge on any atom is -0.483 e. The number of unbranched alkanes of at least 4 members (excludes halogenated alkanes) is 6. The van der Waals surface area contributed by atoms with Crippen LogP contribution >= 0.6 is 0 Å². The van der Waals surface area contributed by atoms with Gasteiger partial charge in [-0.25, -0.2) is 0 Å². The Morgan fingerprint density at radius 1 is 0.887 bits per heavy atom. The summed E-state index contributed by atoms with van der Waals surface area (Å²) in [5.41, 5.74) is 9.60. The first kappa shape index (κ1) is 36.7. The maximum absolute atomic E-state index is 13.2. The zero-order valence-corrected chi connectivity index (χ0v) is 29.3. The van der Waals surface area contributed by atoms with Gasteiger partial charge < -0.3 is 21.1 Å². The Morgan fingerprint density at radius 2 is 1.64 bits per heavy atom. The van der Waals surface area contributed by atoms with Crippen molar-refractivity contribution in [1.82, 2.24) is 20.5 Å². The number of aryl methyl sites for hydroxylation is 1. The molecule has 2 aliphatic rings. The van der Waals surface area contributed by atoms with Crippen LogP contribution in [0.4, 0.5) is 11.4 Å². The van der Waals surface area contributed by atoms with Gasteiger partial charge in [-0.3, -0.25) is 44.0 Å². The van der Waals surface area contributed by atoms with Gasteiger partial charge >= 0.3 is 0 Å². The van der Waals surface area contributed by atoms with Crippen LogP contribution in [0.25, 0.3) is 10.9 Å². The van der Waals surface area contributed by atoms with E-state index in [9.17, 15) is 28.8 Å². The van der Waals surface area contributed by atoms with Crippen LogP contribution in [0, 0.1) is 0 Å². The van der Waals surface area contributed by atoms with Gasteiger partial charge in [0.05, 0.1) is 27.9 Å². The predicted octanol–water partition coefficient (Wildman–Crippen LogP) is 4.95. The number of hydrogen-bond acceptors (Lipinski definition) is 9. The lowest BCUT2D eigenvalue weighted by molar-refractivity contribution is -0.136. The second-order valence-electron chi connectivity index (χ2n) is 13.2. The number of nitrogens with two attached hydrogens (primary N) is 1. The molecule has 6 rings (SSSR count). The second kappa shape index (κ2) is 16.9. The molecule has 0 saturated carbocycles. The molecule has 5 N–H and O–H groups in total. The third kappa shape index (κ3) is 8.68. The summed E-state index contributed by atoms with van der Waals surface area (Å²) in [6.45, 7) is 0.159. The molecule has 1 aromatic heterocycles. The molecule has 0 bridgehead atoms. The standard InChI is InChI=1S/C40H42N6O7/c41-37(49)29-23-43-30-18-17-25(22-28(30)36(29)44-26-13-8-6-9-14-26)12-7-4-2-1-3-5-10-21-42-34(48)24-53-32-16-11-15-27-35(32)40(52)46(39(27)51)31-19-20-33(47)45-38(31)50/h6,8-9,11,13-18,22-23,31H,1-5,7,10,12,19-21,24H2,(H2,41,49)(H,42,48)(H,43,44)(H,45,47,50). The number of rotatable bonds is 17. The number of pyridine rings is 1. The molecule has 53 heavy (non-hydrogen) atoms. The molecule has 13 nitrogen and oxygen atoms in total. The molecule has 274 valence electrons. The number of nitrogens with one attached hydrogen (secondary N) is 3. The van der Waals surface area contributed by atoms with E-state index in [1.807, 2.05) is 36.4 Å². The number of imide groups is 2. The molecule has 2 aliphatic heterocycles. The van der Waals surface area contributed by atoms with Crippen LogP contribution in [0.1, 0.15) is 94.4 Å². The van der Waals surface area contributed by atoms with E-state index in [4.69, 9.17) is 10.5 Å². The summed E-state index contributed by atoms with van der Waals surface area (Å²) >= 11 is 0. The smallest absolute Gasteiger partial charge is 0.266 e. The molecule has 1 fully saturated rings. The Balaban J connectivity index is 0.880. The number of benzene rings is 3. The first-order valence-corrected chi connectivity index (χ1v) is 18.0. The number of carbonyl (C=O) groups is 6. The average molecular weight is 719 g/mol. The molecule has 6 amide bonds. The average Bonchev–Trinajstić information content (AvgIpc) is 3.41. The van der Waals surface area contributed by atoms with Gasteiger partial charge in [0.15, 0.2) is 6.61 Å². The highest BCUT2D eigenvalue weighted by Crippen LogP contribution is 2.34. The van der Waals surface area contributed by atoms with Crippen molar-refractivity contribution < 1.29 is 33.5 Å². The van der Waals surface area contributed by atoms with Crippen LogP contribution in [0.15, 0.2) is 72.9 Å². The van der Waals surface area contributed by atoms with Crippen molar-refractivity contribution in [2.45, 2.75) is 70.3 Å². The predicted molar refractivity (Wildman–Crippen MR) is 198 cm³/mol. The summed E-state index contributed by atoms with van der Waals surface area (Å²) in [5, 5.41) is 9.22. The lowest BCUT2D eigenvalue weighted by Gasteiger charge is -2.27. The van der Waals surface area contributed by atoms with E-state index in [0.29, 0.717) is 17.8 Å². The van der Waals surface area contributed by atoms with E-state index >= 15 is 0 Å². The van der Waals surface area contributed by atoms with E-state index in [1.165, 1.54) is 23.9 Å². The molecule has 1 atom stereocenters. The first-order valence-electron chi connectivity index (χ1n) is 18.0. The number of hydrogen-bond donors (Lipinski definition) is 4. The van der Waals surface area contributed by atoms with Gasteiger partial charge in [-0.1, -0.05) is 62.4 Å². The lowest BCUT2D eigenvalue weighted by atomic mass is 10.0. The van der Waals surface area contributed by atoms with Gasteiger partial charge in [0.2, 0.25) is 11.8 Å². The van der Waals surface area contributed by atoms with E-state index in [-0.39, 0.29) is 42.2 Å². The van der Waals surface area contributed by atoms with Crippen LogP contribution in [0.3, 0.4) is 0 Å². The summed E-state index contributed by atoms with van der Waals surface area (Å²) in [7, 11) is 0. The number of aromatic nitrogens is 1. The molecule has 3 heterocycles. The van der Waals surface area contributed by atoms with Gasteiger partial charge in [-0.2, -0.15) is 0 Å². The van der Waals surface area contributed by atoms with E-state index in [0.717, 1.165) is 72.9 Å². The highest BCUT2D eigenvalue weighted by molar-refractivity contribution is 6.24. The number of nitrogens with zero attached hydrogens (tertiary/aromatic N) is 2. The number of carbonyl (C=O) groups excluding carboxylic acids is 6. The van der Waals surface area contributed by atoms with Gasteiger partial charge in [-0.15, -0.1) is 0 Å². The van der Waals surface area contributed by atoms with Crippen LogP contribution in [-0.4, -0.2) is 64.5 Å². The highest BCUT2D eigenvalue weighted by atomic mass is 16.5. The summed E-state index contributed by atoms with van der Waals surface area (Å²) in [6.07, 6.45) is 9.65. The van der Waals surface area contributed by atoms with Crippen molar-refractivity contribution >= 4 is 57.7 Å². The van der Waals surface area contributed by atoms with E-state index in [2.05, 4.69) is 33.1 Å². The summed E-state index contributed by atoms with van der Waals surface area (Å²) < 4.78 is 5.65. The first-order chi connectivity index (χ1) is 25.7. The number of para-hydroxylation sites is 1. The molecule has 1 saturated heterocycles. The van der Waals surface area contributed by atoms with Gasteiger partial charge in [-0.05, 0) is 67.6 Å². The Kier molecular flexibility index (Phi) is 11.7. The normalized spacial score (nSPS) is 15.3. The summed E-state index contributed by atoms with van der Waals surface area (Å²) in [6, 6.07) is 19.2. The minimum atomic E-state index is -1.08. The Labute approximate surface area is 306 Å². The number of fused-ring (bicyclic) bond motifs is 2. The topological polar surface area (TPSA) is 190 Å². The molecule has 3 aromatic carbocycles. The van der Waals surface area contributed by atoms with Gasteiger partial charge in [0.25, 0.3) is 23.6 Å². The van der Waals surface area contributed by atoms with Crippen molar-refractivity contribution in [1.29, 1.82) is 0 Å². The van der Waals surface area contributed by atoms with Crippen molar-refractivity contribution in [3.63, 3.8) is 0 Å². The highest BCUT2D eigenvalue weighted by Gasteiger charge is 2.46. The summed E-state index contributed by atoms with van der Waals surface area (Å²) in [4.78, 5) is 80.1. The number of piperidine rings is 1. The maximum atomic E-state index is 13.2. The molecule has 13 heteroatoms. The van der Waals surface area contributed by atoms with Gasteiger partial charge in [0, 0.05) is 30.2 Å². The fourth-order valence-corrected chi connectivity index (χ4v) is 6.75. The number of amides is 6. The maximum Gasteiger partial charge on any atom is 0.266 e. The van der Waals surface area contributed by atoms with Crippen LogP contribution < -0.4 is 26.4 Å². The lowest BCUT2D eigenvalue weighted by Crippen LogP contribution is -2.54. The molecule has 0 aliphatic carbocycles. The number of ether oxygens (including phenoxy) is 1. The van der Waals surface area contributed by atoms with E-state index in [1.54, 1.807) is 6.07 Å². The van der Waals surface area contributed by atoms with Crippen molar-refractivity contribution in [2.75, 3.05) is 18.5 Å². The van der Waals surface area contributed by atoms with Crippen LogP contribution in [-0.2, 0) is 20.8 Å². The minimum absolute atomic E-state index is 0.00799. The fourth-order valence-electron chi connectivity index (χ4n) is 6.75. The molecule has 1 unspecified atom stereocenters. The summed E-state index contributed by atoms with van der Waals surface area (Å²) in [5.74, 6) is -3.26. The molecular formula is C40H42N6O7. The quantitative estimate of drug-likeness (QED) is 0.0865. The number of anilines is 2. The van der Waals surface area contributed by atoms with Crippen LogP contribution in [0.5, 0.6) is 5.75 Å². The SMILES string of the molecule is NC(=O)c1cnc2ccc(CCCCCCCCCNC(=O)COc3cccc4c3C(=O)N(C3CCC(=O)NC3=O)C4=O)cc2c1Nc1ccccc1. The Hall–Kier alpha value is -6.11. The van der Waals surface area contributed by atoms with Crippen molar-refractivity contribution in [3.8, 4) is 5.75 Å². The Morgan fingerprint density at radius 3 is 2.40 bits per heavy atom. The largest absolute Gasteiger partial charge is 0.483 e. The monoisotopic (exact) mass is 718 g/mol. The van der Waals surface area contributed by atoms with Crippen molar-refractivity contribution in [3.05, 3.63) is 95.2 Å². The van der Waals surface area contributed by atoms with Crippen LogP contribution in [0.2, 0.25) is 0 Å². The molecule has 0 radical (unpaired) electrons. The van der Waals surface area contributed by atoms with Crippen molar-refractivity contribution in [2.24, 2.45) is 5.73 Å². The third-order valence-electron chi connectivity index (χ3n) is 9.49. The zero-order chi connectivity index (χ0) is 37.3. The van der Waals surface area contributed by atoms with Gasteiger partial charge in [0.1, 0.15) is 11.8 Å². The Bertz CT molecular complexity index is 2050. The molecular weight excluding hydrogens is 676 g/mol. The zero-order valence-electron chi connectivity index (χ0n) is 29.3. The second-order valence-corrected chi connectivity index (χ2v) is 13.2.